The third kappa shape index (κ3) is 2.85. The Labute approximate surface area is 153 Å². The highest BCUT2D eigenvalue weighted by atomic mass is 35.5. The molecule has 1 N–H and O–H groups in total. The molecular weight excluding hydrogens is 385 g/mol. The molecule has 3 aromatic rings. The molecule has 0 amide bonds. The summed E-state index contributed by atoms with van der Waals surface area (Å²) >= 11 is 6.17. The zero-order valence-corrected chi connectivity index (χ0v) is 15.0. The molecule has 0 fully saturated rings. The number of carboxylic acid groups (broad SMARTS) is 1. The molecule has 6 nitrogen and oxygen atoms in total. The van der Waals surface area contributed by atoms with Gasteiger partial charge in [-0.05, 0) is 30.7 Å². The summed E-state index contributed by atoms with van der Waals surface area (Å²) in [5.74, 6) is -1.99. The second kappa shape index (κ2) is 6.69. The third-order valence-corrected chi connectivity index (χ3v) is 6.73. The summed E-state index contributed by atoms with van der Waals surface area (Å²) in [6, 6.07) is 8.47. The van der Waals surface area contributed by atoms with Crippen LogP contribution in [0.15, 0.2) is 45.8 Å². The fourth-order valence-corrected chi connectivity index (χ4v) is 4.83. The van der Waals surface area contributed by atoms with Gasteiger partial charge in [0.15, 0.2) is 20.7 Å². The summed E-state index contributed by atoms with van der Waals surface area (Å²) in [6.07, 6.45) is -0.122. The van der Waals surface area contributed by atoms with E-state index in [1.807, 2.05) is 0 Å². The van der Waals surface area contributed by atoms with Crippen molar-refractivity contribution in [1.29, 1.82) is 0 Å². The number of carbonyl (C=O) groups is 1. The fraction of sp³-hybridized carbons (Fsp3) is 0.176. The molecule has 0 radical (unpaired) electrons. The zero-order chi connectivity index (χ0) is 19.1. The van der Waals surface area contributed by atoms with Crippen molar-refractivity contribution in [3.63, 3.8) is 0 Å². The predicted octanol–water partition coefficient (Wildman–Crippen LogP) is 3.92. The van der Waals surface area contributed by atoms with E-state index in [0.717, 1.165) is 0 Å². The van der Waals surface area contributed by atoms with Crippen LogP contribution in [0.25, 0.3) is 22.2 Å². The van der Waals surface area contributed by atoms with Crippen molar-refractivity contribution in [1.82, 2.24) is 5.16 Å². The van der Waals surface area contributed by atoms with Crippen LogP contribution >= 0.6 is 11.6 Å². The smallest absolute Gasteiger partial charge is 0.322 e. The first kappa shape index (κ1) is 18.3. The van der Waals surface area contributed by atoms with E-state index in [4.69, 9.17) is 21.2 Å². The van der Waals surface area contributed by atoms with Gasteiger partial charge in [0.05, 0.1) is 10.3 Å². The summed E-state index contributed by atoms with van der Waals surface area (Å²) < 4.78 is 44.4. The minimum absolute atomic E-state index is 0.0498. The van der Waals surface area contributed by atoms with Crippen LogP contribution < -0.4 is 0 Å². The van der Waals surface area contributed by atoms with Crippen LogP contribution in [0.1, 0.15) is 13.3 Å². The molecule has 26 heavy (non-hydrogen) atoms. The molecule has 0 saturated carbocycles. The van der Waals surface area contributed by atoms with Gasteiger partial charge in [0.1, 0.15) is 16.5 Å². The van der Waals surface area contributed by atoms with Gasteiger partial charge < -0.3 is 9.63 Å². The summed E-state index contributed by atoms with van der Waals surface area (Å²) in [5.41, 5.74) is 0.301. The highest BCUT2D eigenvalue weighted by Crippen LogP contribution is 2.37. The van der Waals surface area contributed by atoms with Gasteiger partial charge in [0.2, 0.25) is 0 Å². The molecule has 1 aromatic heterocycles. The number of aromatic nitrogens is 1. The summed E-state index contributed by atoms with van der Waals surface area (Å²) in [5, 5.41) is 11.4. The van der Waals surface area contributed by atoms with Crippen LogP contribution in [-0.2, 0) is 14.6 Å². The van der Waals surface area contributed by atoms with E-state index in [1.165, 1.54) is 37.3 Å². The number of hydrogen-bond donors (Lipinski definition) is 1. The molecule has 1 unspecified atom stereocenters. The van der Waals surface area contributed by atoms with E-state index in [2.05, 4.69) is 5.16 Å². The first-order valence-corrected chi connectivity index (χ1v) is 9.51. The summed E-state index contributed by atoms with van der Waals surface area (Å²) in [7, 11) is -4.23. The fourth-order valence-electron chi connectivity index (χ4n) is 2.70. The highest BCUT2D eigenvalue weighted by molar-refractivity contribution is 7.93. The normalized spacial score (nSPS) is 13.0. The van der Waals surface area contributed by atoms with Crippen molar-refractivity contribution in [2.24, 2.45) is 0 Å². The Bertz CT molecular complexity index is 1110. The Hall–Kier alpha value is -2.45. The topological polar surface area (TPSA) is 97.5 Å². The van der Waals surface area contributed by atoms with Crippen LogP contribution in [0.2, 0.25) is 5.02 Å². The average Bonchev–Trinajstić information content (AvgIpc) is 3.00. The maximum atomic E-state index is 14.0. The van der Waals surface area contributed by atoms with Crippen molar-refractivity contribution in [2.45, 2.75) is 23.5 Å². The second-order valence-electron chi connectivity index (χ2n) is 5.55. The summed E-state index contributed by atoms with van der Waals surface area (Å²) in [4.78, 5) is 10.9. The standard InChI is InChI=1S/C17H13ClFNO5S/c1-2-12(17(21)22)26(23,24)13-8-7-10-15(20-25-16(10)14(13)18)9-5-3-4-6-11(9)19/h3-8,12H,2H2,1H3,(H,21,22). The van der Waals surface area contributed by atoms with Gasteiger partial charge >= 0.3 is 5.97 Å². The molecule has 0 spiro atoms. The maximum absolute atomic E-state index is 14.0. The Kier molecular flexibility index (Phi) is 4.72. The van der Waals surface area contributed by atoms with E-state index >= 15 is 0 Å². The van der Waals surface area contributed by atoms with Gasteiger partial charge in [-0.25, -0.2) is 12.8 Å². The quantitative estimate of drug-likeness (QED) is 0.700. The maximum Gasteiger partial charge on any atom is 0.322 e. The number of carboxylic acids is 1. The molecule has 1 atom stereocenters. The molecule has 0 aliphatic carbocycles. The van der Waals surface area contributed by atoms with Crippen molar-refractivity contribution >= 4 is 38.4 Å². The Morgan fingerprint density at radius 1 is 1.31 bits per heavy atom. The Morgan fingerprint density at radius 2 is 2.00 bits per heavy atom. The van der Waals surface area contributed by atoms with Crippen molar-refractivity contribution in [3.8, 4) is 11.3 Å². The lowest BCUT2D eigenvalue weighted by Crippen LogP contribution is -2.29. The number of sulfone groups is 1. The van der Waals surface area contributed by atoms with Gasteiger partial charge in [0.25, 0.3) is 0 Å². The van der Waals surface area contributed by atoms with Crippen LogP contribution in [-0.4, -0.2) is 29.9 Å². The van der Waals surface area contributed by atoms with Gasteiger partial charge in [-0.2, -0.15) is 0 Å². The van der Waals surface area contributed by atoms with E-state index in [0.29, 0.717) is 5.39 Å². The van der Waals surface area contributed by atoms with Crippen LogP contribution in [0.5, 0.6) is 0 Å². The van der Waals surface area contributed by atoms with E-state index < -0.39 is 26.9 Å². The number of benzene rings is 2. The van der Waals surface area contributed by atoms with Crippen molar-refractivity contribution < 1.29 is 27.2 Å². The third-order valence-electron chi connectivity index (χ3n) is 4.00. The molecule has 0 saturated heterocycles. The largest absolute Gasteiger partial charge is 0.480 e. The molecule has 136 valence electrons. The second-order valence-corrected chi connectivity index (χ2v) is 8.02. The minimum Gasteiger partial charge on any atom is -0.480 e. The van der Waals surface area contributed by atoms with Crippen molar-refractivity contribution in [2.75, 3.05) is 0 Å². The van der Waals surface area contributed by atoms with Crippen LogP contribution in [0, 0.1) is 5.82 Å². The van der Waals surface area contributed by atoms with Gasteiger partial charge in [0, 0.05) is 5.56 Å². The van der Waals surface area contributed by atoms with E-state index in [9.17, 15) is 17.6 Å². The van der Waals surface area contributed by atoms with Crippen LogP contribution in [0.3, 0.4) is 0 Å². The van der Waals surface area contributed by atoms with Gasteiger partial charge in [-0.1, -0.05) is 35.8 Å². The lowest BCUT2D eigenvalue weighted by Gasteiger charge is -2.12. The average molecular weight is 398 g/mol. The lowest BCUT2D eigenvalue weighted by molar-refractivity contribution is -0.136. The first-order valence-electron chi connectivity index (χ1n) is 7.58. The number of fused-ring (bicyclic) bond motifs is 1. The number of nitrogens with zero attached hydrogens (tertiary/aromatic N) is 1. The van der Waals surface area contributed by atoms with E-state index in [1.54, 1.807) is 6.07 Å². The van der Waals surface area contributed by atoms with Crippen LogP contribution in [0.4, 0.5) is 4.39 Å². The highest BCUT2D eigenvalue weighted by Gasteiger charge is 2.35. The summed E-state index contributed by atoms with van der Waals surface area (Å²) in [6.45, 7) is 1.45. The molecule has 0 aliphatic heterocycles. The Morgan fingerprint density at radius 3 is 2.62 bits per heavy atom. The molecule has 1 heterocycles. The number of halogens is 2. The number of aliphatic carboxylic acids is 1. The van der Waals surface area contributed by atoms with Crippen molar-refractivity contribution in [3.05, 3.63) is 47.2 Å². The molecule has 3 rings (SSSR count). The minimum atomic E-state index is -4.23. The molecule has 2 aromatic carbocycles. The van der Waals surface area contributed by atoms with Gasteiger partial charge in [-0.3, -0.25) is 4.79 Å². The molecule has 0 bridgehead atoms. The first-order chi connectivity index (χ1) is 12.3. The molecule has 9 heteroatoms. The SMILES string of the molecule is CCC(C(=O)O)S(=O)(=O)c1ccc2c(-c3ccccc3F)noc2c1Cl. The zero-order valence-electron chi connectivity index (χ0n) is 13.4. The molecular formula is C17H13ClFNO5S. The van der Waals surface area contributed by atoms with E-state index in [-0.39, 0.29) is 33.2 Å². The Balaban J connectivity index is 2.21. The monoisotopic (exact) mass is 397 g/mol. The van der Waals surface area contributed by atoms with Gasteiger partial charge in [-0.15, -0.1) is 0 Å². The number of rotatable bonds is 5. The molecule has 0 aliphatic rings. The predicted molar refractivity (Wildman–Crippen MR) is 93.3 cm³/mol. The lowest BCUT2D eigenvalue weighted by atomic mass is 10.1. The number of hydrogen-bond acceptors (Lipinski definition) is 5.